The molecule has 2 aromatic carbocycles. The van der Waals surface area contributed by atoms with E-state index in [0.29, 0.717) is 47.3 Å². The molecular formula is C37H41F2N5O5S. The molecule has 5 heterocycles. The van der Waals surface area contributed by atoms with Crippen LogP contribution in [0, 0.1) is 18.8 Å². The van der Waals surface area contributed by atoms with Gasteiger partial charge < -0.3 is 25.3 Å². The topological polar surface area (TPSA) is 119 Å². The van der Waals surface area contributed by atoms with E-state index in [0.717, 1.165) is 23.7 Å². The fourth-order valence-corrected chi connectivity index (χ4v) is 9.54. The number of fused-ring (bicyclic) bond motifs is 4. The molecule has 1 unspecified atom stereocenters. The number of rotatable bonds is 5. The predicted octanol–water partition coefficient (Wildman–Crippen LogP) is 4.65. The molecule has 3 fully saturated rings. The number of nitrogens with one attached hydrogen (secondary N) is 2. The number of amides is 5. The van der Waals surface area contributed by atoms with Crippen LogP contribution in [-0.4, -0.2) is 89.0 Å². The highest BCUT2D eigenvalue weighted by Gasteiger charge is 2.58. The molecule has 1 spiro atoms. The zero-order chi connectivity index (χ0) is 35.7. The summed E-state index contributed by atoms with van der Waals surface area (Å²) < 4.78 is 28.5. The third kappa shape index (κ3) is 5.63. The maximum Gasteiger partial charge on any atom is 0.270 e. The highest BCUT2D eigenvalue weighted by molar-refractivity contribution is 7.20. The number of aryl methyl sites for hydroxylation is 1. The average Bonchev–Trinajstić information content (AvgIpc) is 3.82. The fourth-order valence-electron chi connectivity index (χ4n) is 8.58. The summed E-state index contributed by atoms with van der Waals surface area (Å²) in [7, 11) is 0. The SMILES string of the molecule is CC(=O)N1CC[C@H]2CC[C@@H](C(=O)N3C[C@H](C)[C@@]4(C3)C(=O)Nc3cccc(C)c34)N2C(=O)C(CNC(=O)c2cc3cc(C(C)(F)F)ccc3s2)C1. The van der Waals surface area contributed by atoms with Crippen molar-refractivity contribution >= 4 is 56.6 Å². The number of thiophene rings is 1. The first-order valence-corrected chi connectivity index (χ1v) is 18.0. The number of likely N-dealkylation sites (tertiary alicyclic amines) is 1. The van der Waals surface area contributed by atoms with Gasteiger partial charge in [-0.3, -0.25) is 24.0 Å². The van der Waals surface area contributed by atoms with Crippen LogP contribution in [0.25, 0.3) is 10.1 Å². The lowest BCUT2D eigenvalue weighted by atomic mass is 9.72. The molecule has 3 saturated heterocycles. The Kier molecular flexibility index (Phi) is 8.47. The van der Waals surface area contributed by atoms with Crippen molar-refractivity contribution in [3.05, 3.63) is 64.0 Å². The minimum absolute atomic E-state index is 0.0712. The van der Waals surface area contributed by atoms with Crippen molar-refractivity contribution in [2.45, 2.75) is 70.4 Å². The average molecular weight is 706 g/mol. The monoisotopic (exact) mass is 705 g/mol. The first-order chi connectivity index (χ1) is 23.7. The number of halogens is 2. The normalized spacial score (nSPS) is 26.6. The Morgan fingerprint density at radius 2 is 1.84 bits per heavy atom. The van der Waals surface area contributed by atoms with E-state index in [9.17, 15) is 32.8 Å². The predicted molar refractivity (Wildman–Crippen MR) is 185 cm³/mol. The largest absolute Gasteiger partial charge is 0.350 e. The Morgan fingerprint density at radius 3 is 2.58 bits per heavy atom. The molecule has 7 rings (SSSR count). The smallest absolute Gasteiger partial charge is 0.270 e. The number of carbonyl (C=O) groups excluding carboxylic acids is 5. The van der Waals surface area contributed by atoms with Crippen molar-refractivity contribution in [3.63, 3.8) is 0 Å². The highest BCUT2D eigenvalue weighted by Crippen LogP contribution is 2.49. The Morgan fingerprint density at radius 1 is 1.06 bits per heavy atom. The summed E-state index contributed by atoms with van der Waals surface area (Å²) in [6, 6.07) is 10.7. The fraction of sp³-hybridized carbons (Fsp3) is 0.486. The first kappa shape index (κ1) is 34.1. The van der Waals surface area contributed by atoms with Crippen LogP contribution in [0.1, 0.15) is 66.4 Å². The second kappa shape index (κ2) is 12.4. The van der Waals surface area contributed by atoms with Crippen molar-refractivity contribution in [1.29, 1.82) is 0 Å². The quantitative estimate of drug-likeness (QED) is 0.401. The summed E-state index contributed by atoms with van der Waals surface area (Å²) in [5, 5.41) is 6.40. The lowest BCUT2D eigenvalue weighted by Gasteiger charge is -2.39. The molecule has 4 aliphatic heterocycles. The van der Waals surface area contributed by atoms with Gasteiger partial charge in [-0.05, 0) is 72.9 Å². The molecule has 0 aliphatic carbocycles. The van der Waals surface area contributed by atoms with Gasteiger partial charge in [0.05, 0.1) is 16.2 Å². The van der Waals surface area contributed by atoms with Crippen molar-refractivity contribution in [2.24, 2.45) is 11.8 Å². The zero-order valence-electron chi connectivity index (χ0n) is 28.6. The molecule has 13 heteroatoms. The molecule has 0 saturated carbocycles. The van der Waals surface area contributed by atoms with Gasteiger partial charge in [0.2, 0.25) is 23.6 Å². The molecule has 0 bridgehead atoms. The van der Waals surface area contributed by atoms with Crippen molar-refractivity contribution in [1.82, 2.24) is 20.0 Å². The van der Waals surface area contributed by atoms with E-state index in [1.165, 1.54) is 30.4 Å². The molecule has 0 radical (unpaired) electrons. The molecule has 5 atom stereocenters. The highest BCUT2D eigenvalue weighted by atomic mass is 32.1. The molecule has 1 aromatic heterocycles. The van der Waals surface area contributed by atoms with Gasteiger partial charge in [0.1, 0.15) is 6.04 Å². The summed E-state index contributed by atoms with van der Waals surface area (Å²) in [6.45, 7) is 7.28. The molecule has 264 valence electrons. The van der Waals surface area contributed by atoms with Crippen LogP contribution < -0.4 is 10.6 Å². The Hall–Kier alpha value is -4.39. The van der Waals surface area contributed by atoms with Crippen LogP contribution in [0.4, 0.5) is 14.5 Å². The lowest BCUT2D eigenvalue weighted by molar-refractivity contribution is -0.150. The van der Waals surface area contributed by atoms with Gasteiger partial charge in [-0.25, -0.2) is 8.78 Å². The molecule has 5 amide bonds. The van der Waals surface area contributed by atoms with Crippen LogP contribution in [0.5, 0.6) is 0 Å². The third-order valence-corrected chi connectivity index (χ3v) is 12.3. The minimum atomic E-state index is -3.02. The summed E-state index contributed by atoms with van der Waals surface area (Å²) in [4.78, 5) is 73.6. The van der Waals surface area contributed by atoms with E-state index in [-0.39, 0.29) is 60.8 Å². The zero-order valence-corrected chi connectivity index (χ0v) is 29.4. The van der Waals surface area contributed by atoms with Crippen molar-refractivity contribution < 1.29 is 32.8 Å². The van der Waals surface area contributed by atoms with Crippen LogP contribution in [0.15, 0.2) is 42.5 Å². The molecule has 2 N–H and O–H groups in total. The molecule has 4 aliphatic rings. The number of benzene rings is 2. The van der Waals surface area contributed by atoms with Crippen molar-refractivity contribution in [2.75, 3.05) is 38.0 Å². The number of nitrogens with zero attached hydrogens (tertiary/aromatic N) is 3. The summed E-state index contributed by atoms with van der Waals surface area (Å²) in [6.07, 6.45) is 1.60. The van der Waals surface area contributed by atoms with Crippen LogP contribution in [0.2, 0.25) is 0 Å². The number of anilines is 1. The standard InChI is InChI=1S/C37H41F2N5O5S/c1-20-6-5-7-27-31(20)37(35(49)41-27)19-43(17-21(37)2)34(48)28-10-9-26-12-13-42(22(3)45)18-24(33(47)44(26)28)16-40-32(46)30-15-23-14-25(36(4,38)39)8-11-29(23)50-30/h5-8,11,14-15,21,24,26,28H,9-10,12-13,16-19H2,1-4H3,(H,40,46)(H,41,49)/t21-,24?,26+,28-,37+/m0/s1. The Labute approximate surface area is 293 Å². The van der Waals surface area contributed by atoms with Gasteiger partial charge in [0.15, 0.2) is 0 Å². The van der Waals surface area contributed by atoms with E-state index >= 15 is 0 Å². The molecule has 50 heavy (non-hydrogen) atoms. The third-order valence-electron chi connectivity index (χ3n) is 11.2. The maximum atomic E-state index is 14.4. The van der Waals surface area contributed by atoms with Gasteiger partial charge in [0.25, 0.3) is 11.8 Å². The van der Waals surface area contributed by atoms with E-state index in [1.807, 2.05) is 32.0 Å². The second-order valence-electron chi connectivity index (χ2n) is 14.4. The number of hydrogen-bond donors (Lipinski definition) is 2. The molecule has 10 nitrogen and oxygen atoms in total. The first-order valence-electron chi connectivity index (χ1n) is 17.2. The van der Waals surface area contributed by atoms with E-state index < -0.39 is 29.2 Å². The van der Waals surface area contributed by atoms with Gasteiger partial charge in [-0.1, -0.05) is 25.1 Å². The van der Waals surface area contributed by atoms with Crippen LogP contribution in [-0.2, 0) is 30.5 Å². The number of alkyl halides is 2. The maximum absolute atomic E-state index is 14.4. The van der Waals surface area contributed by atoms with E-state index in [2.05, 4.69) is 10.6 Å². The Balaban J connectivity index is 1.11. The number of hydrogen-bond acceptors (Lipinski definition) is 6. The van der Waals surface area contributed by atoms with Gasteiger partial charge in [0, 0.05) is 68.6 Å². The minimum Gasteiger partial charge on any atom is -0.350 e. The van der Waals surface area contributed by atoms with Crippen molar-refractivity contribution in [3.8, 4) is 0 Å². The molecular weight excluding hydrogens is 665 g/mol. The van der Waals surface area contributed by atoms with Gasteiger partial charge in [-0.2, -0.15) is 0 Å². The summed E-state index contributed by atoms with van der Waals surface area (Å²) in [5.41, 5.74) is 1.69. The Bertz CT molecular complexity index is 1930. The van der Waals surface area contributed by atoms with E-state index in [4.69, 9.17) is 0 Å². The lowest BCUT2D eigenvalue weighted by Crippen LogP contribution is -2.57. The summed E-state index contributed by atoms with van der Waals surface area (Å²) in [5.74, 6) is -5.19. The van der Waals surface area contributed by atoms with Crippen LogP contribution in [0.3, 0.4) is 0 Å². The van der Waals surface area contributed by atoms with Crippen LogP contribution >= 0.6 is 11.3 Å². The number of carbonyl (C=O) groups is 5. The summed E-state index contributed by atoms with van der Waals surface area (Å²) >= 11 is 1.17. The van der Waals surface area contributed by atoms with Gasteiger partial charge in [-0.15, -0.1) is 11.3 Å². The van der Waals surface area contributed by atoms with Gasteiger partial charge >= 0.3 is 0 Å². The second-order valence-corrected chi connectivity index (χ2v) is 15.5. The molecule has 3 aromatic rings. The van der Waals surface area contributed by atoms with E-state index in [1.54, 1.807) is 26.8 Å².